The van der Waals surface area contributed by atoms with E-state index in [-0.39, 0.29) is 18.5 Å². The third-order valence-corrected chi connectivity index (χ3v) is 3.32. The van der Waals surface area contributed by atoms with Gasteiger partial charge in [0.25, 0.3) is 0 Å². The number of benzene rings is 1. The van der Waals surface area contributed by atoms with Crippen LogP contribution >= 0.6 is 11.6 Å². The standard InChI is InChI=1S/C15H17ClN2O2/c1-11(13-6-2-3-7-14(13)16)17-10-15(19)18-9-12-5-4-8-20-12/h2-8,11,17H,9-10H2,1H3,(H,18,19). The van der Waals surface area contributed by atoms with E-state index in [4.69, 9.17) is 16.0 Å². The summed E-state index contributed by atoms with van der Waals surface area (Å²) in [6.07, 6.45) is 1.58. The minimum atomic E-state index is -0.0831. The predicted molar refractivity (Wildman–Crippen MR) is 78.4 cm³/mol. The molecule has 1 amide bonds. The van der Waals surface area contributed by atoms with Crippen LogP contribution in [0.5, 0.6) is 0 Å². The summed E-state index contributed by atoms with van der Waals surface area (Å²) in [6.45, 7) is 2.60. The Morgan fingerprint density at radius 3 is 2.80 bits per heavy atom. The average Bonchev–Trinajstić information content (AvgIpc) is 2.96. The van der Waals surface area contributed by atoms with Gasteiger partial charge in [0.05, 0.1) is 19.4 Å². The number of hydrogen-bond acceptors (Lipinski definition) is 3. The molecule has 0 aliphatic heterocycles. The first kappa shape index (κ1) is 14.6. The molecule has 2 N–H and O–H groups in total. The van der Waals surface area contributed by atoms with Gasteiger partial charge < -0.3 is 15.1 Å². The fourth-order valence-corrected chi connectivity index (χ4v) is 2.14. The molecule has 0 fully saturated rings. The number of furan rings is 1. The van der Waals surface area contributed by atoms with E-state index in [2.05, 4.69) is 10.6 Å². The zero-order chi connectivity index (χ0) is 14.4. The molecular formula is C15H17ClN2O2. The normalized spacial score (nSPS) is 12.1. The summed E-state index contributed by atoms with van der Waals surface area (Å²) < 4.78 is 5.14. The molecule has 106 valence electrons. The van der Waals surface area contributed by atoms with Gasteiger partial charge >= 0.3 is 0 Å². The predicted octanol–water partition coefficient (Wildman–Crippen LogP) is 2.90. The van der Waals surface area contributed by atoms with E-state index >= 15 is 0 Å². The number of carbonyl (C=O) groups is 1. The molecule has 0 aliphatic carbocycles. The summed E-state index contributed by atoms with van der Waals surface area (Å²) in [4.78, 5) is 11.7. The Morgan fingerprint density at radius 2 is 2.10 bits per heavy atom. The molecule has 1 unspecified atom stereocenters. The summed E-state index contributed by atoms with van der Waals surface area (Å²) >= 11 is 6.11. The zero-order valence-corrected chi connectivity index (χ0v) is 12.0. The van der Waals surface area contributed by atoms with Gasteiger partial charge in [0, 0.05) is 11.1 Å². The van der Waals surface area contributed by atoms with Crippen molar-refractivity contribution in [1.82, 2.24) is 10.6 Å². The number of nitrogens with one attached hydrogen (secondary N) is 2. The third-order valence-electron chi connectivity index (χ3n) is 2.98. The lowest BCUT2D eigenvalue weighted by atomic mass is 10.1. The van der Waals surface area contributed by atoms with Crippen LogP contribution in [0.2, 0.25) is 5.02 Å². The van der Waals surface area contributed by atoms with Gasteiger partial charge in [0.2, 0.25) is 5.91 Å². The molecule has 1 aromatic carbocycles. The molecule has 0 spiro atoms. The van der Waals surface area contributed by atoms with Crippen molar-refractivity contribution in [2.24, 2.45) is 0 Å². The first-order chi connectivity index (χ1) is 9.66. The molecule has 0 saturated carbocycles. The highest BCUT2D eigenvalue weighted by molar-refractivity contribution is 6.31. The van der Waals surface area contributed by atoms with Crippen LogP contribution in [-0.2, 0) is 11.3 Å². The van der Waals surface area contributed by atoms with E-state index in [1.54, 1.807) is 12.3 Å². The Labute approximate surface area is 123 Å². The second-order valence-corrected chi connectivity index (χ2v) is 4.89. The smallest absolute Gasteiger partial charge is 0.234 e. The van der Waals surface area contributed by atoms with Gasteiger partial charge in [0.1, 0.15) is 5.76 Å². The van der Waals surface area contributed by atoms with E-state index in [0.29, 0.717) is 11.6 Å². The van der Waals surface area contributed by atoms with Crippen LogP contribution in [0.3, 0.4) is 0 Å². The molecule has 1 aromatic heterocycles. The average molecular weight is 293 g/mol. The second-order valence-electron chi connectivity index (χ2n) is 4.48. The lowest BCUT2D eigenvalue weighted by Gasteiger charge is -2.15. The van der Waals surface area contributed by atoms with E-state index in [0.717, 1.165) is 11.3 Å². The number of amides is 1. The fraction of sp³-hybridized carbons (Fsp3) is 0.267. The Hall–Kier alpha value is -1.78. The Bertz CT molecular complexity index is 555. The number of rotatable bonds is 6. The highest BCUT2D eigenvalue weighted by atomic mass is 35.5. The van der Waals surface area contributed by atoms with Crippen molar-refractivity contribution in [3.05, 3.63) is 59.0 Å². The minimum Gasteiger partial charge on any atom is -0.467 e. The van der Waals surface area contributed by atoms with Gasteiger partial charge in [-0.25, -0.2) is 0 Å². The fourth-order valence-electron chi connectivity index (χ4n) is 1.84. The van der Waals surface area contributed by atoms with Gasteiger partial charge in [-0.1, -0.05) is 29.8 Å². The molecule has 1 heterocycles. The molecule has 0 aliphatic rings. The topological polar surface area (TPSA) is 54.3 Å². The van der Waals surface area contributed by atoms with Crippen molar-refractivity contribution in [2.75, 3.05) is 6.54 Å². The maximum atomic E-state index is 11.7. The number of halogens is 1. The molecule has 2 rings (SSSR count). The molecule has 20 heavy (non-hydrogen) atoms. The summed E-state index contributed by atoms with van der Waals surface area (Å²) in [7, 11) is 0. The van der Waals surface area contributed by atoms with E-state index in [9.17, 15) is 4.79 Å². The highest BCUT2D eigenvalue weighted by Crippen LogP contribution is 2.21. The summed E-state index contributed by atoms with van der Waals surface area (Å²) in [5.74, 6) is 0.651. The summed E-state index contributed by atoms with van der Waals surface area (Å²) in [5.41, 5.74) is 0.980. The van der Waals surface area contributed by atoms with E-state index < -0.39 is 0 Å². The molecule has 0 radical (unpaired) electrons. The van der Waals surface area contributed by atoms with Crippen LogP contribution in [0.15, 0.2) is 47.1 Å². The van der Waals surface area contributed by atoms with Gasteiger partial charge in [-0.2, -0.15) is 0 Å². The first-order valence-corrected chi connectivity index (χ1v) is 6.81. The maximum absolute atomic E-state index is 11.7. The van der Waals surface area contributed by atoms with Gasteiger partial charge in [-0.3, -0.25) is 4.79 Å². The van der Waals surface area contributed by atoms with E-state index in [1.807, 2.05) is 37.3 Å². The van der Waals surface area contributed by atoms with Crippen LogP contribution < -0.4 is 10.6 Å². The Balaban J connectivity index is 1.77. The van der Waals surface area contributed by atoms with Crippen molar-refractivity contribution in [3.63, 3.8) is 0 Å². The van der Waals surface area contributed by atoms with Crippen LogP contribution in [0.1, 0.15) is 24.3 Å². The van der Waals surface area contributed by atoms with Crippen molar-refractivity contribution >= 4 is 17.5 Å². The van der Waals surface area contributed by atoms with Crippen LogP contribution in [0.4, 0.5) is 0 Å². The second kappa shape index (κ2) is 7.12. The summed E-state index contributed by atoms with van der Waals surface area (Å²) in [6, 6.07) is 11.2. The van der Waals surface area contributed by atoms with Crippen LogP contribution in [-0.4, -0.2) is 12.5 Å². The van der Waals surface area contributed by atoms with E-state index in [1.165, 1.54) is 0 Å². The Morgan fingerprint density at radius 1 is 1.30 bits per heavy atom. The molecule has 4 nitrogen and oxygen atoms in total. The molecule has 2 aromatic rings. The van der Waals surface area contributed by atoms with Gasteiger partial charge in [0.15, 0.2) is 0 Å². The van der Waals surface area contributed by atoms with Crippen molar-refractivity contribution < 1.29 is 9.21 Å². The third kappa shape index (κ3) is 4.11. The molecule has 0 bridgehead atoms. The van der Waals surface area contributed by atoms with Crippen LogP contribution in [0.25, 0.3) is 0 Å². The molecule has 0 saturated heterocycles. The maximum Gasteiger partial charge on any atom is 0.234 e. The van der Waals surface area contributed by atoms with Crippen molar-refractivity contribution in [2.45, 2.75) is 19.5 Å². The molecule has 5 heteroatoms. The zero-order valence-electron chi connectivity index (χ0n) is 11.2. The SMILES string of the molecule is CC(NCC(=O)NCc1ccco1)c1ccccc1Cl. The molecular weight excluding hydrogens is 276 g/mol. The Kier molecular flexibility index (Phi) is 5.21. The first-order valence-electron chi connectivity index (χ1n) is 6.43. The van der Waals surface area contributed by atoms with Gasteiger partial charge in [-0.15, -0.1) is 0 Å². The van der Waals surface area contributed by atoms with Crippen molar-refractivity contribution in [1.29, 1.82) is 0 Å². The van der Waals surface area contributed by atoms with Crippen molar-refractivity contribution in [3.8, 4) is 0 Å². The lowest BCUT2D eigenvalue weighted by Crippen LogP contribution is -2.34. The highest BCUT2D eigenvalue weighted by Gasteiger charge is 2.10. The lowest BCUT2D eigenvalue weighted by molar-refractivity contribution is -0.120. The minimum absolute atomic E-state index is 0.0121. The quantitative estimate of drug-likeness (QED) is 0.861. The monoisotopic (exact) mass is 292 g/mol. The molecule has 1 atom stereocenters. The van der Waals surface area contributed by atoms with Gasteiger partial charge in [-0.05, 0) is 30.7 Å². The van der Waals surface area contributed by atoms with Crippen LogP contribution in [0, 0.1) is 0 Å². The number of hydrogen-bond donors (Lipinski definition) is 2. The largest absolute Gasteiger partial charge is 0.467 e. The number of carbonyl (C=O) groups excluding carboxylic acids is 1. The summed E-state index contributed by atoms with van der Waals surface area (Å²) in [5, 5.41) is 6.62.